The number of carbonyl (C=O) groups is 1. The minimum absolute atomic E-state index is 0.0101. The van der Waals surface area contributed by atoms with E-state index in [-0.39, 0.29) is 23.8 Å². The van der Waals surface area contributed by atoms with Gasteiger partial charge in [-0.1, -0.05) is 39.5 Å². The fraction of sp³-hybridized carbons (Fsp3) is 0.929. The van der Waals surface area contributed by atoms with Gasteiger partial charge in [0.1, 0.15) is 0 Å². The summed E-state index contributed by atoms with van der Waals surface area (Å²) in [4.78, 5) is 12.0. The summed E-state index contributed by atoms with van der Waals surface area (Å²) in [6, 6.07) is -0.0101. The SMILES string of the molecule is CCC(CC)C(O)CNC(=O)C1CCCCC1N. The monoisotopic (exact) mass is 256 g/mol. The van der Waals surface area contributed by atoms with Crippen molar-refractivity contribution in [2.24, 2.45) is 17.6 Å². The van der Waals surface area contributed by atoms with Crippen molar-refractivity contribution in [2.45, 2.75) is 64.5 Å². The first kappa shape index (κ1) is 15.4. The van der Waals surface area contributed by atoms with E-state index in [1.54, 1.807) is 0 Å². The summed E-state index contributed by atoms with van der Waals surface area (Å²) in [6.45, 7) is 4.49. The van der Waals surface area contributed by atoms with Crippen molar-refractivity contribution < 1.29 is 9.90 Å². The van der Waals surface area contributed by atoms with Crippen LogP contribution in [0.5, 0.6) is 0 Å². The van der Waals surface area contributed by atoms with E-state index in [2.05, 4.69) is 19.2 Å². The normalized spacial score (nSPS) is 26.1. The van der Waals surface area contributed by atoms with Gasteiger partial charge in [-0.05, 0) is 18.8 Å². The van der Waals surface area contributed by atoms with Gasteiger partial charge in [-0.15, -0.1) is 0 Å². The molecule has 0 saturated heterocycles. The molecule has 3 atom stereocenters. The topological polar surface area (TPSA) is 75.3 Å². The summed E-state index contributed by atoms with van der Waals surface area (Å²) < 4.78 is 0. The van der Waals surface area contributed by atoms with Crippen LogP contribution in [-0.4, -0.2) is 29.7 Å². The van der Waals surface area contributed by atoms with Crippen molar-refractivity contribution in [1.29, 1.82) is 0 Å². The quantitative estimate of drug-likeness (QED) is 0.672. The number of hydrogen-bond acceptors (Lipinski definition) is 3. The summed E-state index contributed by atoms with van der Waals surface area (Å²) >= 11 is 0. The molecule has 3 unspecified atom stereocenters. The van der Waals surface area contributed by atoms with Crippen molar-refractivity contribution in [2.75, 3.05) is 6.54 Å². The zero-order valence-electron chi connectivity index (χ0n) is 11.7. The molecule has 0 radical (unpaired) electrons. The van der Waals surface area contributed by atoms with Gasteiger partial charge in [0, 0.05) is 12.6 Å². The van der Waals surface area contributed by atoms with Crippen LogP contribution < -0.4 is 11.1 Å². The maximum Gasteiger partial charge on any atom is 0.224 e. The molecule has 4 nitrogen and oxygen atoms in total. The van der Waals surface area contributed by atoms with Gasteiger partial charge in [0.15, 0.2) is 0 Å². The number of amides is 1. The van der Waals surface area contributed by atoms with Crippen LogP contribution in [0.15, 0.2) is 0 Å². The molecule has 0 aliphatic heterocycles. The van der Waals surface area contributed by atoms with Crippen LogP contribution in [0.1, 0.15) is 52.4 Å². The predicted molar refractivity (Wildman–Crippen MR) is 73.0 cm³/mol. The van der Waals surface area contributed by atoms with Gasteiger partial charge in [-0.3, -0.25) is 4.79 Å². The number of aliphatic hydroxyl groups is 1. The van der Waals surface area contributed by atoms with E-state index in [4.69, 9.17) is 5.73 Å². The first-order valence-electron chi connectivity index (χ1n) is 7.31. The van der Waals surface area contributed by atoms with E-state index in [1.165, 1.54) is 0 Å². The molecule has 4 heteroatoms. The molecule has 106 valence electrons. The molecule has 1 aliphatic rings. The fourth-order valence-electron chi connectivity index (χ4n) is 2.82. The lowest BCUT2D eigenvalue weighted by molar-refractivity contribution is -0.127. The summed E-state index contributed by atoms with van der Waals surface area (Å²) in [5.74, 6) is 0.227. The minimum Gasteiger partial charge on any atom is -0.391 e. The second-order valence-electron chi connectivity index (χ2n) is 5.44. The van der Waals surface area contributed by atoms with Crippen molar-refractivity contribution in [1.82, 2.24) is 5.32 Å². The van der Waals surface area contributed by atoms with Crippen molar-refractivity contribution in [3.05, 3.63) is 0 Å². The van der Waals surface area contributed by atoms with Gasteiger partial charge in [0.2, 0.25) is 5.91 Å². The first-order valence-corrected chi connectivity index (χ1v) is 7.31. The first-order chi connectivity index (χ1) is 8.60. The van der Waals surface area contributed by atoms with Crippen molar-refractivity contribution >= 4 is 5.91 Å². The minimum atomic E-state index is -0.441. The van der Waals surface area contributed by atoms with Crippen LogP contribution in [0.2, 0.25) is 0 Å². The molecule has 0 heterocycles. The Morgan fingerprint density at radius 3 is 2.50 bits per heavy atom. The van der Waals surface area contributed by atoms with Crippen LogP contribution in [0.4, 0.5) is 0 Å². The van der Waals surface area contributed by atoms with E-state index >= 15 is 0 Å². The molecule has 1 fully saturated rings. The molecule has 4 N–H and O–H groups in total. The summed E-state index contributed by atoms with van der Waals surface area (Å²) in [6.07, 6.45) is 5.47. The Bertz CT molecular complexity index is 254. The van der Waals surface area contributed by atoms with Gasteiger partial charge in [-0.2, -0.15) is 0 Å². The van der Waals surface area contributed by atoms with Gasteiger partial charge < -0.3 is 16.2 Å². The Hall–Kier alpha value is -0.610. The molecule has 1 rings (SSSR count). The number of nitrogens with two attached hydrogens (primary N) is 1. The van der Waals surface area contributed by atoms with Gasteiger partial charge in [0.25, 0.3) is 0 Å². The average molecular weight is 256 g/mol. The van der Waals surface area contributed by atoms with Gasteiger partial charge in [-0.25, -0.2) is 0 Å². The molecule has 0 aromatic carbocycles. The molecule has 0 aromatic rings. The lowest BCUT2D eigenvalue weighted by Crippen LogP contribution is -2.46. The van der Waals surface area contributed by atoms with Crippen molar-refractivity contribution in [3.8, 4) is 0 Å². The highest BCUT2D eigenvalue weighted by atomic mass is 16.3. The van der Waals surface area contributed by atoms with E-state index in [0.717, 1.165) is 38.5 Å². The average Bonchev–Trinajstić information content (AvgIpc) is 2.38. The molecule has 0 bridgehead atoms. The Morgan fingerprint density at radius 2 is 1.94 bits per heavy atom. The molecule has 1 amide bonds. The Kier molecular flexibility index (Phi) is 6.65. The van der Waals surface area contributed by atoms with E-state index in [1.807, 2.05) is 0 Å². The van der Waals surface area contributed by atoms with Gasteiger partial charge >= 0.3 is 0 Å². The number of carbonyl (C=O) groups excluding carboxylic acids is 1. The smallest absolute Gasteiger partial charge is 0.224 e. The Labute approximate surface area is 110 Å². The Balaban J connectivity index is 2.35. The molecule has 1 saturated carbocycles. The molecule has 1 aliphatic carbocycles. The largest absolute Gasteiger partial charge is 0.391 e. The van der Waals surface area contributed by atoms with Gasteiger partial charge in [0.05, 0.1) is 12.0 Å². The van der Waals surface area contributed by atoms with Crippen LogP contribution in [0.3, 0.4) is 0 Å². The number of hydrogen-bond donors (Lipinski definition) is 3. The van der Waals surface area contributed by atoms with E-state index in [9.17, 15) is 9.90 Å². The maximum atomic E-state index is 12.0. The summed E-state index contributed by atoms with van der Waals surface area (Å²) in [7, 11) is 0. The number of aliphatic hydroxyl groups excluding tert-OH is 1. The molecular weight excluding hydrogens is 228 g/mol. The molecule has 0 aromatic heterocycles. The third kappa shape index (κ3) is 4.25. The molecular formula is C14H28N2O2. The van der Waals surface area contributed by atoms with E-state index < -0.39 is 6.10 Å². The highest BCUT2D eigenvalue weighted by Gasteiger charge is 2.28. The summed E-state index contributed by atoms with van der Waals surface area (Å²) in [5, 5.41) is 12.8. The molecule has 18 heavy (non-hydrogen) atoms. The van der Waals surface area contributed by atoms with E-state index in [0.29, 0.717) is 6.54 Å². The summed E-state index contributed by atoms with van der Waals surface area (Å²) in [5.41, 5.74) is 5.98. The lowest BCUT2D eigenvalue weighted by Gasteiger charge is -2.28. The zero-order valence-corrected chi connectivity index (χ0v) is 11.7. The third-order valence-corrected chi connectivity index (χ3v) is 4.23. The second-order valence-corrected chi connectivity index (χ2v) is 5.44. The van der Waals surface area contributed by atoms with Crippen LogP contribution >= 0.6 is 0 Å². The van der Waals surface area contributed by atoms with Crippen LogP contribution in [0.25, 0.3) is 0 Å². The number of rotatable bonds is 6. The Morgan fingerprint density at radius 1 is 1.33 bits per heavy atom. The molecule has 0 spiro atoms. The van der Waals surface area contributed by atoms with Crippen molar-refractivity contribution in [3.63, 3.8) is 0 Å². The highest BCUT2D eigenvalue weighted by molar-refractivity contribution is 5.79. The maximum absolute atomic E-state index is 12.0. The van der Waals surface area contributed by atoms with Crippen LogP contribution in [0, 0.1) is 11.8 Å². The fourth-order valence-corrected chi connectivity index (χ4v) is 2.82. The standard InChI is InChI=1S/C14H28N2O2/c1-3-10(4-2)13(17)9-16-14(18)11-7-5-6-8-12(11)15/h10-13,17H,3-9,15H2,1-2H3,(H,16,18). The predicted octanol–water partition coefficient (Wildman–Crippen LogP) is 1.42. The zero-order chi connectivity index (χ0) is 13.5. The number of nitrogens with one attached hydrogen (secondary N) is 1. The second kappa shape index (κ2) is 7.74. The highest BCUT2D eigenvalue weighted by Crippen LogP contribution is 2.23. The lowest BCUT2D eigenvalue weighted by atomic mass is 9.84. The third-order valence-electron chi connectivity index (χ3n) is 4.23. The van der Waals surface area contributed by atoms with Crippen LogP contribution in [-0.2, 0) is 4.79 Å².